The van der Waals surface area contributed by atoms with Gasteiger partial charge in [0.2, 0.25) is 0 Å². The van der Waals surface area contributed by atoms with Crippen molar-refractivity contribution in [1.29, 1.82) is 0 Å². The summed E-state index contributed by atoms with van der Waals surface area (Å²) in [5.41, 5.74) is 8.04. The Kier molecular flexibility index (Phi) is 12.4. The van der Waals surface area contributed by atoms with Crippen molar-refractivity contribution in [2.45, 2.75) is 120 Å². The van der Waals surface area contributed by atoms with Crippen LogP contribution in [-0.2, 0) is 9.53 Å². The Labute approximate surface area is 359 Å². The quantitative estimate of drug-likeness (QED) is 0.0889. The summed E-state index contributed by atoms with van der Waals surface area (Å²) in [6, 6.07) is 23.8. The zero-order chi connectivity index (χ0) is 41.7. The molecular formula is C50H60N6O5. The van der Waals surface area contributed by atoms with E-state index < -0.39 is 0 Å². The SMILES string of the molecule is COc1ccc(-n2cc(C(Nc3ccc(C(=O)NCCC(=O)OC(c4cn(-c5ccc(OC)cc5)nc4C4CC4)C4CCCCC4)cc3)C3CCCCC3)c(C3CC3)n2)cc1. The maximum absolute atomic E-state index is 13.6. The van der Waals surface area contributed by atoms with Gasteiger partial charge in [-0.2, -0.15) is 10.2 Å². The molecule has 9 rings (SSSR count). The number of aromatic nitrogens is 4. The highest BCUT2D eigenvalue weighted by Crippen LogP contribution is 2.48. The van der Waals surface area contributed by atoms with Crippen LogP contribution in [-0.4, -0.2) is 52.2 Å². The third-order valence-electron chi connectivity index (χ3n) is 13.3. The van der Waals surface area contributed by atoms with E-state index in [4.69, 9.17) is 24.4 Å². The maximum atomic E-state index is 13.6. The van der Waals surface area contributed by atoms with E-state index in [0.29, 0.717) is 23.3 Å². The van der Waals surface area contributed by atoms with Crippen molar-refractivity contribution < 1.29 is 23.8 Å². The van der Waals surface area contributed by atoms with E-state index in [-0.39, 0.29) is 42.9 Å². The monoisotopic (exact) mass is 824 g/mol. The maximum Gasteiger partial charge on any atom is 0.308 e. The Balaban J connectivity index is 0.852. The molecule has 61 heavy (non-hydrogen) atoms. The highest BCUT2D eigenvalue weighted by atomic mass is 16.5. The van der Waals surface area contributed by atoms with Gasteiger partial charge in [0.15, 0.2) is 0 Å². The van der Waals surface area contributed by atoms with Crippen LogP contribution >= 0.6 is 0 Å². The molecule has 4 saturated carbocycles. The van der Waals surface area contributed by atoms with Crippen LogP contribution in [0.3, 0.4) is 0 Å². The van der Waals surface area contributed by atoms with Gasteiger partial charge < -0.3 is 24.8 Å². The van der Waals surface area contributed by atoms with Crippen molar-refractivity contribution in [3.05, 3.63) is 113 Å². The average Bonchev–Trinajstić information content (AvgIpc) is 4.26. The zero-order valence-electron chi connectivity index (χ0n) is 35.7. The smallest absolute Gasteiger partial charge is 0.308 e. The first-order valence-electron chi connectivity index (χ1n) is 22.8. The minimum absolute atomic E-state index is 0.0938. The fourth-order valence-corrected chi connectivity index (χ4v) is 9.59. The Hall–Kier alpha value is -5.58. The molecule has 3 aromatic carbocycles. The van der Waals surface area contributed by atoms with Crippen molar-refractivity contribution in [3.8, 4) is 22.9 Å². The highest BCUT2D eigenvalue weighted by molar-refractivity contribution is 5.94. The molecule has 0 radical (unpaired) electrons. The third-order valence-corrected chi connectivity index (χ3v) is 13.3. The van der Waals surface area contributed by atoms with Crippen molar-refractivity contribution in [2.24, 2.45) is 11.8 Å². The average molecular weight is 825 g/mol. The molecule has 0 saturated heterocycles. The summed E-state index contributed by atoms with van der Waals surface area (Å²) in [4.78, 5) is 27.0. The molecule has 4 aliphatic carbocycles. The molecule has 0 aliphatic heterocycles. The van der Waals surface area contributed by atoms with E-state index in [1.807, 2.05) is 70.0 Å². The lowest BCUT2D eigenvalue weighted by atomic mass is 9.80. The molecule has 0 bridgehead atoms. The first-order chi connectivity index (χ1) is 29.9. The summed E-state index contributed by atoms with van der Waals surface area (Å²) in [6.07, 6.45) is 20.2. The summed E-state index contributed by atoms with van der Waals surface area (Å²) in [5.74, 6) is 2.73. The van der Waals surface area contributed by atoms with Gasteiger partial charge in [0, 0.05) is 59.1 Å². The van der Waals surface area contributed by atoms with Gasteiger partial charge >= 0.3 is 5.97 Å². The van der Waals surface area contributed by atoms with Crippen LogP contribution in [0.2, 0.25) is 0 Å². The number of methoxy groups -OCH3 is 2. The van der Waals surface area contributed by atoms with E-state index in [2.05, 4.69) is 35.2 Å². The molecule has 2 heterocycles. The topological polar surface area (TPSA) is 122 Å². The lowest BCUT2D eigenvalue weighted by Crippen LogP contribution is -2.28. The number of carbonyl (C=O) groups excluding carboxylic acids is 2. The van der Waals surface area contributed by atoms with Crippen molar-refractivity contribution in [3.63, 3.8) is 0 Å². The van der Waals surface area contributed by atoms with Crippen LogP contribution in [0.15, 0.2) is 85.2 Å². The number of amides is 1. The second kappa shape index (κ2) is 18.6. The molecule has 4 aliphatic rings. The van der Waals surface area contributed by atoms with Gasteiger partial charge in [-0.05, 0) is 130 Å². The lowest BCUT2D eigenvalue weighted by Gasteiger charge is -2.32. The summed E-state index contributed by atoms with van der Waals surface area (Å²) in [7, 11) is 3.35. The number of anilines is 1. The molecule has 4 fully saturated rings. The van der Waals surface area contributed by atoms with Crippen LogP contribution in [0, 0.1) is 11.8 Å². The lowest BCUT2D eigenvalue weighted by molar-refractivity contribution is -0.153. The van der Waals surface area contributed by atoms with Crippen molar-refractivity contribution in [1.82, 2.24) is 24.9 Å². The predicted octanol–water partition coefficient (Wildman–Crippen LogP) is 10.5. The summed E-state index contributed by atoms with van der Waals surface area (Å²) >= 11 is 0. The number of carbonyl (C=O) groups is 2. The molecule has 0 spiro atoms. The molecule has 5 aromatic rings. The Morgan fingerprint density at radius 1 is 0.639 bits per heavy atom. The molecule has 1 amide bonds. The first-order valence-corrected chi connectivity index (χ1v) is 22.8. The number of rotatable bonds is 17. The van der Waals surface area contributed by atoms with E-state index >= 15 is 0 Å². The summed E-state index contributed by atoms with van der Waals surface area (Å²) in [5, 5.41) is 17.1. The Bertz CT molecular complexity index is 2240. The number of nitrogens with one attached hydrogen (secondary N) is 2. The van der Waals surface area contributed by atoms with Crippen LogP contribution in [0.25, 0.3) is 11.4 Å². The largest absolute Gasteiger partial charge is 0.497 e. The fraction of sp³-hybridized carbons (Fsp3) is 0.480. The van der Waals surface area contributed by atoms with Gasteiger partial charge in [-0.1, -0.05) is 38.5 Å². The van der Waals surface area contributed by atoms with Gasteiger partial charge in [-0.25, -0.2) is 9.36 Å². The number of hydrogen-bond donors (Lipinski definition) is 2. The summed E-state index contributed by atoms with van der Waals surface area (Å²) < 4.78 is 21.1. The zero-order valence-corrected chi connectivity index (χ0v) is 35.7. The Morgan fingerprint density at radius 2 is 1.15 bits per heavy atom. The van der Waals surface area contributed by atoms with Gasteiger partial charge in [0.25, 0.3) is 5.91 Å². The molecule has 11 nitrogen and oxygen atoms in total. The molecule has 11 heteroatoms. The number of benzene rings is 3. The van der Waals surface area contributed by atoms with E-state index in [1.54, 1.807) is 14.2 Å². The second-order valence-corrected chi connectivity index (χ2v) is 17.7. The number of ether oxygens (including phenoxy) is 3. The third kappa shape index (κ3) is 9.66. The van der Waals surface area contributed by atoms with Crippen molar-refractivity contribution in [2.75, 3.05) is 26.1 Å². The first kappa shape index (κ1) is 40.8. The van der Waals surface area contributed by atoms with E-state index in [1.165, 1.54) is 62.6 Å². The molecule has 320 valence electrons. The highest BCUT2D eigenvalue weighted by Gasteiger charge is 2.38. The molecule has 2 N–H and O–H groups in total. The molecule has 2 aromatic heterocycles. The van der Waals surface area contributed by atoms with E-state index in [9.17, 15) is 9.59 Å². The molecule has 2 atom stereocenters. The number of hydrogen-bond acceptors (Lipinski definition) is 8. The minimum atomic E-state index is -0.360. The standard InChI is InChI=1S/C50H60N6O5/c1-59-41-25-21-39(22-26-41)55-31-43(47(53-55)34-13-14-34)46(33-9-5-3-6-10-33)52-38-19-17-37(18-20-38)50(58)51-30-29-45(57)61-49(36-11-7-4-8-12-36)44-32-56(54-48(44)35-15-16-35)40-23-27-42(60-2)28-24-40/h17-28,31-36,46,49,52H,3-16,29-30H2,1-2H3,(H,51,58). The van der Waals surface area contributed by atoms with Gasteiger partial charge in [0.1, 0.15) is 17.6 Å². The van der Waals surface area contributed by atoms with Gasteiger partial charge in [-0.15, -0.1) is 0 Å². The summed E-state index contributed by atoms with van der Waals surface area (Å²) in [6.45, 7) is 0.196. The van der Waals surface area contributed by atoms with Crippen LogP contribution in [0.5, 0.6) is 11.5 Å². The van der Waals surface area contributed by atoms with Gasteiger partial charge in [0.05, 0.1) is 49.4 Å². The predicted molar refractivity (Wildman–Crippen MR) is 236 cm³/mol. The van der Waals surface area contributed by atoms with Gasteiger partial charge in [-0.3, -0.25) is 9.59 Å². The second-order valence-electron chi connectivity index (χ2n) is 17.7. The fourth-order valence-electron chi connectivity index (χ4n) is 9.59. The van der Waals surface area contributed by atoms with Crippen LogP contribution < -0.4 is 20.1 Å². The van der Waals surface area contributed by atoms with Crippen LogP contribution in [0.1, 0.15) is 153 Å². The molecular weight excluding hydrogens is 765 g/mol. The van der Waals surface area contributed by atoms with E-state index in [0.717, 1.165) is 78.3 Å². The van der Waals surface area contributed by atoms with Crippen molar-refractivity contribution >= 4 is 17.6 Å². The minimum Gasteiger partial charge on any atom is -0.497 e. The number of esters is 1. The number of nitrogens with zero attached hydrogens (tertiary/aromatic N) is 4. The normalized spacial score (nSPS) is 18.3. The molecule has 2 unspecified atom stereocenters. The van der Waals surface area contributed by atoms with Crippen LogP contribution in [0.4, 0.5) is 5.69 Å². The Morgan fingerprint density at radius 3 is 1.67 bits per heavy atom.